The second-order valence-electron chi connectivity index (χ2n) is 8.02. The van der Waals surface area contributed by atoms with Crippen LogP contribution >= 0.6 is 0 Å². The molecule has 0 bridgehead atoms. The summed E-state index contributed by atoms with van der Waals surface area (Å²) in [5.74, 6) is -0.105. The van der Waals surface area contributed by atoms with Crippen molar-refractivity contribution in [2.24, 2.45) is 0 Å². The molecule has 1 N–H and O–H groups in total. The van der Waals surface area contributed by atoms with Gasteiger partial charge in [0.2, 0.25) is 15.9 Å². The third-order valence-corrected chi connectivity index (χ3v) is 8.00. The number of benzene rings is 1. The summed E-state index contributed by atoms with van der Waals surface area (Å²) < 4.78 is 51.4. The van der Waals surface area contributed by atoms with E-state index in [-0.39, 0.29) is 24.7 Å². The number of aromatic nitrogens is 1. The van der Waals surface area contributed by atoms with Gasteiger partial charge in [0.15, 0.2) is 5.76 Å². The van der Waals surface area contributed by atoms with Crippen LogP contribution < -0.4 is 5.32 Å². The number of nitrogens with zero attached hydrogens (tertiary/aromatic N) is 2. The van der Waals surface area contributed by atoms with Gasteiger partial charge in [-0.3, -0.25) is 4.79 Å². The monoisotopic (exact) mass is 451 g/mol. The summed E-state index contributed by atoms with van der Waals surface area (Å²) in [6.07, 6.45) is 3.76. The molecule has 2 aromatic rings. The number of hydrogen-bond donors (Lipinski definition) is 1. The minimum atomic E-state index is -3.35. The highest BCUT2D eigenvalue weighted by Crippen LogP contribution is 2.36. The van der Waals surface area contributed by atoms with Gasteiger partial charge < -0.3 is 14.6 Å². The van der Waals surface area contributed by atoms with E-state index in [4.69, 9.17) is 9.26 Å². The average molecular weight is 452 g/mol. The molecular formula is C21H26FN3O5S. The molecule has 2 saturated heterocycles. The van der Waals surface area contributed by atoms with Gasteiger partial charge in [0, 0.05) is 37.9 Å². The first kappa shape index (κ1) is 21.9. The van der Waals surface area contributed by atoms with E-state index in [1.54, 1.807) is 18.2 Å². The molecule has 0 unspecified atom stereocenters. The van der Waals surface area contributed by atoms with E-state index in [1.165, 1.54) is 16.6 Å². The Hall–Kier alpha value is -2.30. The summed E-state index contributed by atoms with van der Waals surface area (Å²) in [7, 11) is -3.35. The lowest BCUT2D eigenvalue weighted by molar-refractivity contribution is -0.130. The molecule has 2 fully saturated rings. The maximum absolute atomic E-state index is 15.0. The van der Waals surface area contributed by atoms with E-state index < -0.39 is 21.3 Å². The van der Waals surface area contributed by atoms with Crippen molar-refractivity contribution in [3.8, 4) is 0 Å². The predicted octanol–water partition coefficient (Wildman–Crippen LogP) is 2.10. The van der Waals surface area contributed by atoms with Gasteiger partial charge in [-0.25, -0.2) is 12.8 Å². The maximum atomic E-state index is 15.0. The van der Waals surface area contributed by atoms with Crippen LogP contribution in [0.2, 0.25) is 0 Å². The molecule has 2 aliphatic heterocycles. The van der Waals surface area contributed by atoms with Gasteiger partial charge in [-0.15, -0.1) is 0 Å². The second kappa shape index (κ2) is 9.05. The van der Waals surface area contributed by atoms with Gasteiger partial charge in [-0.1, -0.05) is 17.3 Å². The van der Waals surface area contributed by atoms with Gasteiger partial charge in [0.1, 0.15) is 5.82 Å². The Bertz CT molecular complexity index is 1020. The number of nitrogens with one attached hydrogen (secondary N) is 1. The summed E-state index contributed by atoms with van der Waals surface area (Å²) in [6.45, 7) is 1.38. The summed E-state index contributed by atoms with van der Waals surface area (Å²) in [5, 5.41) is 6.49. The molecule has 0 saturated carbocycles. The summed E-state index contributed by atoms with van der Waals surface area (Å²) >= 11 is 0. The molecule has 0 radical (unpaired) electrons. The van der Waals surface area contributed by atoms with Crippen LogP contribution in [0, 0.1) is 5.82 Å². The van der Waals surface area contributed by atoms with Crippen molar-refractivity contribution in [3.05, 3.63) is 53.2 Å². The fourth-order valence-corrected chi connectivity index (χ4v) is 5.79. The highest BCUT2D eigenvalue weighted by atomic mass is 32.2. The number of hydrogen-bond acceptors (Lipinski definition) is 6. The standard InChI is InChI=1S/C21H26FN3O5S/c22-19-13-17(4-3-16(19)15-25-9-1-2-12-31(25,27)28)21(6-10-29-11-7-21)20(26)23-14-18-5-8-24-30-18/h3-5,8,13H,1-2,6-7,9-12,14-15H2,(H,23,26). The van der Waals surface area contributed by atoms with Crippen molar-refractivity contribution in [1.29, 1.82) is 0 Å². The van der Waals surface area contributed by atoms with Crippen LogP contribution in [0.3, 0.4) is 0 Å². The van der Waals surface area contributed by atoms with Gasteiger partial charge in [-0.2, -0.15) is 4.31 Å². The van der Waals surface area contributed by atoms with Crippen LogP contribution in [0.5, 0.6) is 0 Å². The Morgan fingerprint density at radius 2 is 2.03 bits per heavy atom. The molecule has 2 aliphatic rings. The number of amides is 1. The molecule has 1 aromatic carbocycles. The van der Waals surface area contributed by atoms with E-state index in [1.807, 2.05) is 0 Å². The van der Waals surface area contributed by atoms with Crippen LogP contribution in [-0.2, 0) is 38.1 Å². The highest BCUT2D eigenvalue weighted by molar-refractivity contribution is 7.89. The SMILES string of the molecule is O=C(NCc1ccno1)C1(c2ccc(CN3CCCCS3(=O)=O)c(F)c2)CCOCC1. The quantitative estimate of drug-likeness (QED) is 0.722. The van der Waals surface area contributed by atoms with Gasteiger partial charge in [0.25, 0.3) is 0 Å². The number of ether oxygens (including phenoxy) is 1. The minimum Gasteiger partial charge on any atom is -0.381 e. The third kappa shape index (κ3) is 4.65. The molecule has 1 aromatic heterocycles. The van der Waals surface area contributed by atoms with Crippen molar-refractivity contribution in [2.45, 2.75) is 44.2 Å². The molecule has 0 spiro atoms. The smallest absolute Gasteiger partial charge is 0.231 e. The number of rotatable bonds is 6. The summed E-state index contributed by atoms with van der Waals surface area (Å²) in [5.41, 5.74) is -0.0541. The van der Waals surface area contributed by atoms with E-state index >= 15 is 4.39 Å². The van der Waals surface area contributed by atoms with E-state index in [0.29, 0.717) is 55.9 Å². The van der Waals surface area contributed by atoms with Crippen molar-refractivity contribution in [3.63, 3.8) is 0 Å². The predicted molar refractivity (Wildman–Crippen MR) is 110 cm³/mol. The Morgan fingerprint density at radius 3 is 2.71 bits per heavy atom. The maximum Gasteiger partial charge on any atom is 0.231 e. The normalized spacial score (nSPS) is 20.9. The Kier molecular flexibility index (Phi) is 6.40. The zero-order valence-electron chi connectivity index (χ0n) is 17.2. The largest absolute Gasteiger partial charge is 0.381 e. The van der Waals surface area contributed by atoms with Crippen molar-refractivity contribution in [2.75, 3.05) is 25.5 Å². The van der Waals surface area contributed by atoms with Crippen molar-refractivity contribution >= 4 is 15.9 Å². The first-order valence-corrected chi connectivity index (χ1v) is 12.0. The molecule has 0 aliphatic carbocycles. The van der Waals surface area contributed by atoms with Crippen LogP contribution in [0.1, 0.15) is 42.6 Å². The average Bonchev–Trinajstić information content (AvgIpc) is 3.29. The molecule has 1 amide bonds. The van der Waals surface area contributed by atoms with Crippen LogP contribution in [-0.4, -0.2) is 49.3 Å². The van der Waals surface area contributed by atoms with Crippen molar-refractivity contribution < 1.29 is 26.9 Å². The lowest BCUT2D eigenvalue weighted by Crippen LogP contribution is -2.47. The molecule has 4 rings (SSSR count). The Morgan fingerprint density at radius 1 is 1.23 bits per heavy atom. The topological polar surface area (TPSA) is 102 Å². The molecule has 168 valence electrons. The van der Waals surface area contributed by atoms with Crippen LogP contribution in [0.15, 0.2) is 35.0 Å². The molecule has 3 heterocycles. The highest BCUT2D eigenvalue weighted by Gasteiger charge is 2.42. The van der Waals surface area contributed by atoms with Gasteiger partial charge in [-0.05, 0) is 37.3 Å². The molecule has 31 heavy (non-hydrogen) atoms. The Labute approximate surface area is 180 Å². The number of carbonyl (C=O) groups is 1. The van der Waals surface area contributed by atoms with Crippen LogP contribution in [0.25, 0.3) is 0 Å². The van der Waals surface area contributed by atoms with E-state index in [9.17, 15) is 13.2 Å². The molecule has 8 nitrogen and oxygen atoms in total. The van der Waals surface area contributed by atoms with Crippen molar-refractivity contribution in [1.82, 2.24) is 14.8 Å². The lowest BCUT2D eigenvalue weighted by Gasteiger charge is -2.36. The second-order valence-corrected chi connectivity index (χ2v) is 10.1. The van der Waals surface area contributed by atoms with Crippen LogP contribution in [0.4, 0.5) is 4.39 Å². The zero-order valence-corrected chi connectivity index (χ0v) is 18.0. The summed E-state index contributed by atoms with van der Waals surface area (Å²) in [6, 6.07) is 6.36. The van der Waals surface area contributed by atoms with E-state index in [0.717, 1.165) is 6.42 Å². The van der Waals surface area contributed by atoms with Gasteiger partial charge in [0.05, 0.1) is 23.9 Å². The molecule has 0 atom stereocenters. The zero-order chi connectivity index (χ0) is 21.9. The number of carbonyl (C=O) groups excluding carboxylic acids is 1. The van der Waals surface area contributed by atoms with Gasteiger partial charge >= 0.3 is 0 Å². The Balaban J connectivity index is 1.56. The lowest BCUT2D eigenvalue weighted by atomic mass is 9.73. The molecular weight excluding hydrogens is 425 g/mol. The first-order chi connectivity index (χ1) is 14.9. The fraction of sp³-hybridized carbons (Fsp3) is 0.524. The number of halogens is 1. The minimum absolute atomic E-state index is 0.00223. The third-order valence-electron chi connectivity index (χ3n) is 6.10. The number of sulfonamides is 1. The van der Waals surface area contributed by atoms with E-state index in [2.05, 4.69) is 10.5 Å². The molecule has 10 heteroatoms. The summed E-state index contributed by atoms with van der Waals surface area (Å²) in [4.78, 5) is 13.2. The first-order valence-electron chi connectivity index (χ1n) is 10.4. The fourth-order valence-electron chi connectivity index (χ4n) is 4.22.